The minimum Gasteiger partial charge on any atom is -0.454 e. The summed E-state index contributed by atoms with van der Waals surface area (Å²) in [5, 5.41) is 10.1. The molecule has 0 aliphatic carbocycles. The summed E-state index contributed by atoms with van der Waals surface area (Å²) in [6.45, 7) is 1.46. The third-order valence-corrected chi connectivity index (χ3v) is 5.01. The first-order valence-electron chi connectivity index (χ1n) is 7.00. The van der Waals surface area contributed by atoms with E-state index in [9.17, 15) is 27.9 Å². The highest BCUT2D eigenvalue weighted by molar-refractivity contribution is 7.48. The van der Waals surface area contributed by atoms with E-state index in [0.717, 1.165) is 19.2 Å². The first-order valence-corrected chi connectivity index (χ1v) is 8.93. The molecule has 0 aliphatic rings. The number of rotatable bonds is 5. The molecule has 0 fully saturated rings. The molecule has 0 amide bonds. The average Bonchev–Trinajstić information content (AvgIpc) is 2.57. The zero-order valence-electron chi connectivity index (χ0n) is 13.6. The Morgan fingerprint density at radius 3 is 2.15 bits per heavy atom. The van der Waals surface area contributed by atoms with Gasteiger partial charge < -0.3 is 4.74 Å². The summed E-state index contributed by atoms with van der Waals surface area (Å²) < 4.78 is 60.5. The highest BCUT2D eigenvalue weighted by Crippen LogP contribution is 2.43. The van der Waals surface area contributed by atoms with Gasteiger partial charge in [0.25, 0.3) is 0 Å². The van der Waals surface area contributed by atoms with Gasteiger partial charge in [0.05, 0.1) is 27.6 Å². The molecular formula is C15H10Cl2F3NO5P+. The molecule has 2 aromatic carbocycles. The maximum Gasteiger partial charge on any atom is 0.556 e. The van der Waals surface area contributed by atoms with Crippen molar-refractivity contribution in [3.8, 4) is 11.5 Å². The van der Waals surface area contributed by atoms with Crippen LogP contribution in [0.2, 0.25) is 10.0 Å². The second-order valence-corrected chi connectivity index (χ2v) is 7.35. The Bertz CT molecular complexity index is 913. The molecule has 0 saturated heterocycles. The van der Waals surface area contributed by atoms with Crippen LogP contribution in [0.4, 0.5) is 18.9 Å². The first kappa shape index (κ1) is 21.4. The number of hydrogen-bond donors (Lipinski definition) is 0. The van der Waals surface area contributed by atoms with Gasteiger partial charge in [0.1, 0.15) is 5.75 Å². The number of nitro groups is 1. The minimum atomic E-state index is -4.65. The number of aryl methyl sites for hydroxylation is 1. The minimum absolute atomic E-state index is 0.0282. The van der Waals surface area contributed by atoms with E-state index in [0.29, 0.717) is 12.1 Å². The van der Waals surface area contributed by atoms with Crippen LogP contribution < -0.4 is 10.0 Å². The Morgan fingerprint density at radius 1 is 1.15 bits per heavy atom. The van der Waals surface area contributed by atoms with E-state index in [1.165, 1.54) is 6.92 Å². The number of ether oxygens (including phenoxy) is 1. The van der Waals surface area contributed by atoms with E-state index >= 15 is 0 Å². The summed E-state index contributed by atoms with van der Waals surface area (Å²) in [6.07, 6.45) is -4.65. The predicted octanol–water partition coefficient (Wildman–Crippen LogP) is 6.04. The second-order valence-electron chi connectivity index (χ2n) is 5.17. The van der Waals surface area contributed by atoms with Gasteiger partial charge in [0, 0.05) is 12.1 Å². The molecule has 0 aromatic heterocycles. The van der Waals surface area contributed by atoms with Crippen molar-refractivity contribution >= 4 is 42.2 Å². The Morgan fingerprint density at radius 2 is 1.70 bits per heavy atom. The number of benzene rings is 2. The lowest BCUT2D eigenvalue weighted by Crippen LogP contribution is -2.08. The zero-order chi connectivity index (χ0) is 20.5. The fraction of sp³-hybridized carbons (Fsp3) is 0.200. The summed E-state index contributed by atoms with van der Waals surface area (Å²) in [4.78, 5) is 10.4. The summed E-state index contributed by atoms with van der Waals surface area (Å²) >= 11 is 11.7. The molecule has 0 saturated carbocycles. The van der Waals surface area contributed by atoms with E-state index in [4.69, 9.17) is 27.9 Å². The summed E-state index contributed by atoms with van der Waals surface area (Å²) in [5.74, 6) is -0.304. The van der Waals surface area contributed by atoms with Crippen molar-refractivity contribution in [3.63, 3.8) is 0 Å². The van der Waals surface area contributed by atoms with E-state index < -0.39 is 40.4 Å². The molecular weight excluding hydrogens is 433 g/mol. The van der Waals surface area contributed by atoms with E-state index in [1.54, 1.807) is 0 Å². The van der Waals surface area contributed by atoms with Crippen LogP contribution in [0.15, 0.2) is 24.3 Å². The maximum absolute atomic E-state index is 12.8. The molecule has 0 heterocycles. The monoisotopic (exact) mass is 442 g/mol. The van der Waals surface area contributed by atoms with E-state index in [2.05, 4.69) is 4.52 Å². The van der Waals surface area contributed by atoms with Crippen LogP contribution in [0, 0.1) is 17.0 Å². The molecule has 0 radical (unpaired) electrons. The molecule has 144 valence electrons. The van der Waals surface area contributed by atoms with Gasteiger partial charge in [-0.2, -0.15) is 13.2 Å². The molecule has 1 unspecified atom stereocenters. The lowest BCUT2D eigenvalue weighted by atomic mass is 10.2. The Hall–Kier alpha value is -1.93. The highest BCUT2D eigenvalue weighted by atomic mass is 35.5. The second kappa shape index (κ2) is 7.98. The van der Waals surface area contributed by atoms with Crippen molar-refractivity contribution < 1.29 is 31.9 Å². The Kier molecular flexibility index (Phi) is 6.32. The van der Waals surface area contributed by atoms with Gasteiger partial charge in [0.15, 0.2) is 5.75 Å². The smallest absolute Gasteiger partial charge is 0.454 e. The maximum atomic E-state index is 12.8. The van der Waals surface area contributed by atoms with Crippen LogP contribution in [0.3, 0.4) is 0 Å². The van der Waals surface area contributed by atoms with Crippen molar-refractivity contribution in [1.82, 2.24) is 0 Å². The van der Waals surface area contributed by atoms with Crippen LogP contribution >= 0.6 is 31.2 Å². The van der Waals surface area contributed by atoms with Gasteiger partial charge in [0.2, 0.25) is 0 Å². The summed E-state index contributed by atoms with van der Waals surface area (Å²) in [5.41, 5.74) is -1.27. The number of halogens is 5. The molecule has 27 heavy (non-hydrogen) atoms. The molecule has 2 rings (SSSR count). The number of nitrogens with zero attached hydrogens (tertiary/aromatic N) is 1. The van der Waals surface area contributed by atoms with Crippen molar-refractivity contribution in [2.75, 3.05) is 7.11 Å². The fourth-order valence-electron chi connectivity index (χ4n) is 2.09. The normalized spacial score (nSPS) is 12.0. The topological polar surface area (TPSA) is 78.7 Å². The summed E-state index contributed by atoms with van der Waals surface area (Å²) in [7, 11) is -1.45. The van der Waals surface area contributed by atoms with Gasteiger partial charge >= 0.3 is 25.2 Å². The van der Waals surface area contributed by atoms with Gasteiger partial charge in [-0.1, -0.05) is 23.2 Å². The Labute approximate surface area is 161 Å². The van der Waals surface area contributed by atoms with Crippen LogP contribution in [0.25, 0.3) is 0 Å². The largest absolute Gasteiger partial charge is 0.556 e. The van der Waals surface area contributed by atoms with Crippen LogP contribution in [0.1, 0.15) is 11.1 Å². The van der Waals surface area contributed by atoms with Crippen molar-refractivity contribution in [1.29, 1.82) is 0 Å². The van der Waals surface area contributed by atoms with Crippen LogP contribution in [-0.2, 0) is 15.3 Å². The third kappa shape index (κ3) is 4.68. The molecule has 1 atom stereocenters. The number of hydrogen-bond acceptors (Lipinski definition) is 5. The molecule has 0 bridgehead atoms. The zero-order valence-corrected chi connectivity index (χ0v) is 16.0. The highest BCUT2D eigenvalue weighted by Gasteiger charge is 2.35. The SMILES string of the molecule is CO[P+](=O)c1cc(Oc2c(Cl)cc(C(F)(F)F)cc2Cl)c(C)cc1[N+](=O)[O-]. The standard InChI is InChI=1S/C15H10Cl2F3NO5P/c1-7-3-11(21(22)23)13(27(24)25-2)6-12(7)26-14-9(16)4-8(5-10(14)17)15(18,19)20/h3-6H,1-2H3/q+1. The fourth-order valence-corrected chi connectivity index (χ4v) is 3.41. The lowest BCUT2D eigenvalue weighted by molar-refractivity contribution is -0.383. The molecule has 0 aliphatic heterocycles. The van der Waals surface area contributed by atoms with Crippen molar-refractivity contribution in [2.24, 2.45) is 0 Å². The van der Waals surface area contributed by atoms with Crippen molar-refractivity contribution in [3.05, 3.63) is 55.6 Å². The number of alkyl halides is 3. The van der Waals surface area contributed by atoms with Gasteiger partial charge in [-0.15, -0.1) is 4.52 Å². The lowest BCUT2D eigenvalue weighted by Gasteiger charge is -2.14. The van der Waals surface area contributed by atoms with E-state index in [-0.39, 0.29) is 22.4 Å². The molecule has 0 spiro atoms. The third-order valence-electron chi connectivity index (χ3n) is 3.37. The van der Waals surface area contributed by atoms with E-state index in [1.807, 2.05) is 0 Å². The average molecular weight is 443 g/mol. The quantitative estimate of drug-likeness (QED) is 0.320. The first-order chi connectivity index (χ1) is 12.5. The van der Waals surface area contributed by atoms with Gasteiger partial charge in [-0.3, -0.25) is 10.1 Å². The molecule has 12 heteroatoms. The predicted molar refractivity (Wildman–Crippen MR) is 93.6 cm³/mol. The molecule has 0 N–H and O–H groups in total. The van der Waals surface area contributed by atoms with Gasteiger partial charge in [-0.05, 0) is 29.2 Å². The Balaban J connectivity index is 2.55. The molecule has 2 aromatic rings. The summed E-state index contributed by atoms with van der Waals surface area (Å²) in [6, 6.07) is 3.48. The molecule has 6 nitrogen and oxygen atoms in total. The van der Waals surface area contributed by atoms with Crippen molar-refractivity contribution in [2.45, 2.75) is 13.1 Å². The van der Waals surface area contributed by atoms with Crippen LogP contribution in [-0.4, -0.2) is 12.0 Å². The number of nitro benzene ring substituents is 1. The van der Waals surface area contributed by atoms with Gasteiger partial charge in [-0.25, -0.2) is 0 Å². The van der Waals surface area contributed by atoms with Crippen LogP contribution in [0.5, 0.6) is 11.5 Å².